The van der Waals surface area contributed by atoms with Crippen molar-refractivity contribution in [2.75, 3.05) is 58.5 Å². The molecule has 2 aliphatic rings. The number of halogens is 7. The van der Waals surface area contributed by atoms with Crippen molar-refractivity contribution in [1.82, 2.24) is 31.0 Å². The number of hydrazine groups is 1. The summed E-state index contributed by atoms with van der Waals surface area (Å²) in [5, 5.41) is 17.4. The molecule has 3 aromatic rings. The van der Waals surface area contributed by atoms with Crippen molar-refractivity contribution in [2.45, 2.75) is 117 Å². The van der Waals surface area contributed by atoms with Crippen molar-refractivity contribution in [3.05, 3.63) is 100 Å². The lowest BCUT2D eigenvalue weighted by molar-refractivity contribution is -0.220. The van der Waals surface area contributed by atoms with Crippen LogP contribution in [0.4, 0.5) is 41.3 Å². The summed E-state index contributed by atoms with van der Waals surface area (Å²) in [6, 6.07) is 8.92. The largest absolute Gasteiger partial charge is 0.469 e. The highest BCUT2D eigenvalue weighted by Crippen LogP contribution is 2.41. The molecule has 3 heterocycles. The Bertz CT molecular complexity index is 2680. The van der Waals surface area contributed by atoms with E-state index in [-0.39, 0.29) is 23.7 Å². The predicted octanol–water partition coefficient (Wildman–Crippen LogP) is 6.15. The summed E-state index contributed by atoms with van der Waals surface area (Å²) in [5.41, 5.74) is 5.02. The lowest BCUT2D eigenvalue weighted by Gasteiger charge is -2.49. The first-order valence-corrected chi connectivity index (χ1v) is 25.4. The Kier molecular flexibility index (Phi) is 21.8. The third-order valence-corrected chi connectivity index (χ3v) is 13.9. The monoisotopic (exact) mass is 1120 g/mol. The van der Waals surface area contributed by atoms with Crippen LogP contribution in [0.3, 0.4) is 0 Å². The number of anilines is 1. The van der Waals surface area contributed by atoms with Crippen LogP contribution < -0.4 is 26.7 Å². The first-order valence-electron chi connectivity index (χ1n) is 25.4. The van der Waals surface area contributed by atoms with Gasteiger partial charge in [-0.3, -0.25) is 29.7 Å². The number of aliphatic hydroxyl groups is 1. The molecular weight excluding hydrogens is 1050 g/mol. The molecule has 0 bridgehead atoms. The zero-order valence-corrected chi connectivity index (χ0v) is 45.6. The highest BCUT2D eigenvalue weighted by atomic mass is 19.4. The van der Waals surface area contributed by atoms with E-state index in [0.29, 0.717) is 42.6 Å². The number of aliphatic imine (C=N–C) groups is 1. The van der Waals surface area contributed by atoms with Gasteiger partial charge in [-0.15, -0.1) is 0 Å². The van der Waals surface area contributed by atoms with Gasteiger partial charge in [0.05, 0.1) is 69.9 Å². The van der Waals surface area contributed by atoms with Crippen LogP contribution in [0.25, 0.3) is 5.70 Å². The molecule has 17 nitrogen and oxygen atoms in total. The topological polar surface area (TPSA) is 213 Å². The molecule has 0 unspecified atom stereocenters. The Morgan fingerprint density at radius 1 is 0.924 bits per heavy atom. The van der Waals surface area contributed by atoms with Crippen LogP contribution in [0.5, 0.6) is 0 Å². The van der Waals surface area contributed by atoms with E-state index in [1.807, 2.05) is 17.4 Å². The Morgan fingerprint density at radius 2 is 1.56 bits per heavy atom. The number of hydrogen-bond acceptors (Lipinski definition) is 14. The predicted molar refractivity (Wildman–Crippen MR) is 281 cm³/mol. The standard InChI is InChI=1S/C55H70F7N9O8/c1-32-27-71(33(2)26-70(32)38-30-79-31-38)47-17-16-36(24-65-47)15-12-34-10-13-35(14-11-34)20-44(66-51(75)49(67-52(76)78-9)54(6,7)55(60,61)62)45(72)29-69(68-50(74)40(53(3,4)5)23-48(73)77-8)28-39-41(56)21-37(22-42(39)57)43(63)18-19-64-25-46(58)59/h10-11,13-14,16-19,21-22,24,32-33,38,40,44-46,49,72H,20,23,25-31,63H2,1-9H3,(H,66,75)(H,67,76)(H,68,74)/t32-,33-,40-,44+,45+,49-/m1/s1. The number of carbonyl (C=O) groups is 4. The number of aromatic nitrogens is 1. The van der Waals surface area contributed by atoms with Gasteiger partial charge in [0.15, 0.2) is 0 Å². The fourth-order valence-corrected chi connectivity index (χ4v) is 8.87. The van der Waals surface area contributed by atoms with E-state index in [0.717, 1.165) is 75.8 Å². The molecule has 0 aliphatic carbocycles. The van der Waals surface area contributed by atoms with E-state index < -0.39 is 115 Å². The quantitative estimate of drug-likeness (QED) is 0.0267. The minimum absolute atomic E-state index is 0.212. The number of carbonyl (C=O) groups excluding carboxylic acids is 4. The maximum absolute atomic E-state index is 16.0. The fourth-order valence-electron chi connectivity index (χ4n) is 8.87. The third-order valence-electron chi connectivity index (χ3n) is 13.9. The number of piperazine rings is 1. The summed E-state index contributed by atoms with van der Waals surface area (Å²) in [7, 11) is 1.99. The second-order valence-electron chi connectivity index (χ2n) is 21.3. The van der Waals surface area contributed by atoms with Gasteiger partial charge in [-0.25, -0.2) is 32.3 Å². The van der Waals surface area contributed by atoms with Crippen LogP contribution in [-0.4, -0.2) is 153 Å². The third kappa shape index (κ3) is 17.3. The lowest BCUT2D eigenvalue weighted by atomic mass is 9.78. The number of rotatable bonds is 21. The molecule has 1 aromatic heterocycles. The number of alkyl carbamates (subject to hydrolysis) is 1. The molecule has 6 N–H and O–H groups in total. The molecule has 79 heavy (non-hydrogen) atoms. The van der Waals surface area contributed by atoms with Gasteiger partial charge in [0.2, 0.25) is 11.8 Å². The molecule has 3 amide bonds. The summed E-state index contributed by atoms with van der Waals surface area (Å²) in [6.45, 7) is 11.3. The summed E-state index contributed by atoms with van der Waals surface area (Å²) >= 11 is 0. The normalized spacial score (nSPS) is 18.3. The van der Waals surface area contributed by atoms with Crippen molar-refractivity contribution >= 4 is 41.6 Å². The van der Waals surface area contributed by atoms with Crippen molar-refractivity contribution < 1.29 is 69.2 Å². The SMILES string of the molecule is COC(=O)C[C@H](C(=O)NN(Cc1c(F)cc(C(N)=CC=NCC(F)F)cc1F)C[C@H](O)[C@H](Cc1ccc(C#Cc2ccc(N3C[C@@H](C)N(C4COC4)C[C@H]3C)nc2)cc1)NC(=O)[C@@H](NC(=O)OC)C(C)(C)C(F)(F)F)C(C)(C)C. The second-order valence-corrected chi connectivity index (χ2v) is 21.3. The van der Waals surface area contributed by atoms with E-state index in [9.17, 15) is 46.2 Å². The number of hydrogen-bond donors (Lipinski definition) is 5. The Hall–Kier alpha value is -6.81. The molecule has 432 valence electrons. The van der Waals surface area contributed by atoms with Gasteiger partial charge in [-0.1, -0.05) is 44.7 Å². The van der Waals surface area contributed by atoms with Crippen molar-refractivity contribution in [1.29, 1.82) is 0 Å². The Labute approximate surface area is 455 Å². The van der Waals surface area contributed by atoms with Gasteiger partial charge >= 0.3 is 18.2 Å². The highest BCUT2D eigenvalue weighted by Gasteiger charge is 2.56. The lowest BCUT2D eigenvalue weighted by Crippen LogP contribution is -2.63. The molecule has 24 heteroatoms. The molecule has 6 atom stereocenters. The average Bonchev–Trinajstić information content (AvgIpc) is 3.36. The number of benzene rings is 2. The number of nitrogens with one attached hydrogen (secondary N) is 3. The number of nitrogens with two attached hydrogens (primary N) is 1. The van der Waals surface area contributed by atoms with E-state index in [1.54, 1.807) is 51.2 Å². The maximum atomic E-state index is 16.0. The average molecular weight is 1120 g/mol. The van der Waals surface area contributed by atoms with E-state index in [4.69, 9.17) is 20.2 Å². The molecule has 2 aromatic carbocycles. The van der Waals surface area contributed by atoms with Gasteiger partial charge in [0, 0.05) is 78.6 Å². The van der Waals surface area contributed by atoms with Crippen LogP contribution in [-0.2, 0) is 41.6 Å². The van der Waals surface area contributed by atoms with Gasteiger partial charge in [-0.05, 0) is 87.6 Å². The number of methoxy groups -OCH3 is 2. The van der Waals surface area contributed by atoms with Gasteiger partial charge in [0.1, 0.15) is 23.5 Å². The number of pyridine rings is 1. The molecular formula is C55H70F7N9O8. The number of allylic oxidation sites excluding steroid dienone is 1. The van der Waals surface area contributed by atoms with Crippen molar-refractivity contribution in [2.24, 2.45) is 27.5 Å². The number of ether oxygens (including phenoxy) is 3. The molecule has 2 aliphatic heterocycles. The van der Waals surface area contributed by atoms with Crippen molar-refractivity contribution in [3.63, 3.8) is 0 Å². The first kappa shape index (κ1) is 63.0. The summed E-state index contributed by atoms with van der Waals surface area (Å²) < 4.78 is 116. The van der Waals surface area contributed by atoms with E-state index in [2.05, 4.69) is 56.0 Å². The van der Waals surface area contributed by atoms with Crippen LogP contribution >= 0.6 is 0 Å². The van der Waals surface area contributed by atoms with E-state index >= 15 is 8.78 Å². The molecule has 0 spiro atoms. The molecule has 5 rings (SSSR count). The first-order chi connectivity index (χ1) is 37.0. The van der Waals surface area contributed by atoms with Gasteiger partial charge in [-0.2, -0.15) is 13.2 Å². The smallest absolute Gasteiger partial charge is 0.407 e. The van der Waals surface area contributed by atoms with Crippen LogP contribution in [0.15, 0.2) is 65.8 Å². The molecule has 0 radical (unpaired) electrons. The van der Waals surface area contributed by atoms with Crippen LogP contribution in [0.1, 0.15) is 82.7 Å². The van der Waals surface area contributed by atoms with Crippen LogP contribution in [0, 0.1) is 40.2 Å². The molecule has 2 saturated heterocycles. The molecule has 0 saturated carbocycles. The Morgan fingerprint density at radius 3 is 2.10 bits per heavy atom. The zero-order valence-electron chi connectivity index (χ0n) is 45.6. The maximum Gasteiger partial charge on any atom is 0.407 e. The minimum atomic E-state index is -5.08. The number of amides is 3. The fraction of sp³-hybridized carbons (Fsp3) is 0.527. The van der Waals surface area contributed by atoms with Crippen molar-refractivity contribution in [3.8, 4) is 11.8 Å². The second kappa shape index (κ2) is 27.4. The summed E-state index contributed by atoms with van der Waals surface area (Å²) in [6.07, 6.45) is -8.21. The molecule has 2 fully saturated rings. The minimum Gasteiger partial charge on any atom is -0.469 e. The summed E-state index contributed by atoms with van der Waals surface area (Å²) in [4.78, 5) is 66.1. The Balaban J connectivity index is 1.47. The summed E-state index contributed by atoms with van der Waals surface area (Å²) in [5.74, 6) is 0.347. The van der Waals surface area contributed by atoms with E-state index in [1.165, 1.54) is 0 Å². The number of aliphatic hydroxyl groups excluding tert-OH is 1. The highest BCUT2D eigenvalue weighted by molar-refractivity contribution is 5.87. The number of nitrogens with zero attached hydrogens (tertiary/aromatic N) is 5. The zero-order chi connectivity index (χ0) is 58.6. The van der Waals surface area contributed by atoms with Gasteiger partial charge in [0.25, 0.3) is 6.43 Å². The number of esters is 1. The van der Waals surface area contributed by atoms with Crippen LogP contribution in [0.2, 0.25) is 0 Å². The van der Waals surface area contributed by atoms with Gasteiger partial charge < -0.3 is 40.6 Å². The number of alkyl halides is 5.